The minimum atomic E-state index is -1.40. The van der Waals surface area contributed by atoms with Crippen LogP contribution in [0.25, 0.3) is 0 Å². The van der Waals surface area contributed by atoms with Gasteiger partial charge in [0.25, 0.3) is 0 Å². The summed E-state index contributed by atoms with van der Waals surface area (Å²) in [6, 6.07) is 0. The van der Waals surface area contributed by atoms with E-state index in [0.29, 0.717) is 13.0 Å². The standard InChI is InChI=1S/C27H45NO11/c1-18(27(35)28-16-14-12-10-8-6-7-9-11-13-15-24(33)34)25(38-21(4)31)26(39-22(5)32)23(37-20(3)30)17-36-19(2)29/h18,23,25-26H,6-17H2,1-5H3,(H,28,35)(H,33,34). The molecular formula is C27H45NO11. The van der Waals surface area contributed by atoms with Crippen molar-refractivity contribution in [1.82, 2.24) is 5.32 Å². The minimum Gasteiger partial charge on any atom is -0.481 e. The number of nitrogens with one attached hydrogen (secondary N) is 1. The zero-order valence-electron chi connectivity index (χ0n) is 23.8. The lowest BCUT2D eigenvalue weighted by molar-refractivity contribution is -0.193. The third-order valence-electron chi connectivity index (χ3n) is 5.84. The number of carboxylic acid groups (broad SMARTS) is 1. The van der Waals surface area contributed by atoms with E-state index in [1.165, 1.54) is 6.92 Å². The van der Waals surface area contributed by atoms with Gasteiger partial charge >= 0.3 is 29.8 Å². The molecule has 0 aliphatic carbocycles. The van der Waals surface area contributed by atoms with E-state index in [4.69, 9.17) is 24.1 Å². The Balaban J connectivity index is 4.92. The maximum Gasteiger partial charge on any atom is 0.303 e. The molecular weight excluding hydrogens is 514 g/mol. The van der Waals surface area contributed by atoms with Gasteiger partial charge in [0.05, 0.1) is 5.92 Å². The quantitative estimate of drug-likeness (QED) is 0.120. The van der Waals surface area contributed by atoms with Gasteiger partial charge in [-0.25, -0.2) is 0 Å². The predicted molar refractivity (Wildman–Crippen MR) is 139 cm³/mol. The van der Waals surface area contributed by atoms with Crippen molar-refractivity contribution in [3.05, 3.63) is 0 Å². The number of unbranched alkanes of at least 4 members (excludes halogenated alkanes) is 8. The fourth-order valence-corrected chi connectivity index (χ4v) is 3.96. The lowest BCUT2D eigenvalue weighted by Gasteiger charge is -2.34. The van der Waals surface area contributed by atoms with E-state index in [2.05, 4.69) is 5.32 Å². The molecule has 224 valence electrons. The Hall–Kier alpha value is -3.18. The molecule has 0 saturated carbocycles. The van der Waals surface area contributed by atoms with Crippen LogP contribution in [-0.2, 0) is 47.7 Å². The SMILES string of the molecule is CC(=O)OCC(OC(C)=O)C(OC(C)=O)C(OC(C)=O)C(C)C(=O)NCCCCCCCCCCCC(=O)O. The first-order chi connectivity index (χ1) is 18.3. The van der Waals surface area contributed by atoms with Crippen LogP contribution in [0.15, 0.2) is 0 Å². The zero-order chi connectivity index (χ0) is 29.8. The van der Waals surface area contributed by atoms with Crippen molar-refractivity contribution in [1.29, 1.82) is 0 Å². The molecule has 39 heavy (non-hydrogen) atoms. The van der Waals surface area contributed by atoms with Gasteiger partial charge in [-0.15, -0.1) is 0 Å². The van der Waals surface area contributed by atoms with Gasteiger partial charge in [0, 0.05) is 40.7 Å². The first-order valence-corrected chi connectivity index (χ1v) is 13.5. The highest BCUT2D eigenvalue weighted by atomic mass is 16.6. The van der Waals surface area contributed by atoms with Crippen molar-refractivity contribution in [2.24, 2.45) is 5.92 Å². The van der Waals surface area contributed by atoms with Crippen LogP contribution in [0.2, 0.25) is 0 Å². The Bertz CT molecular complexity index is 799. The Labute approximate surface area is 230 Å². The number of hydrogen-bond donors (Lipinski definition) is 2. The number of amides is 1. The Morgan fingerprint density at radius 3 is 1.56 bits per heavy atom. The maximum absolute atomic E-state index is 12.9. The number of carbonyl (C=O) groups is 6. The molecule has 0 heterocycles. The molecule has 0 aromatic carbocycles. The number of rotatable bonds is 21. The number of hydrogen-bond acceptors (Lipinski definition) is 10. The Morgan fingerprint density at radius 2 is 1.10 bits per heavy atom. The van der Waals surface area contributed by atoms with Crippen LogP contribution in [0, 0.1) is 5.92 Å². The molecule has 0 aromatic heterocycles. The molecule has 12 heteroatoms. The lowest BCUT2D eigenvalue weighted by atomic mass is 9.94. The maximum atomic E-state index is 12.9. The van der Waals surface area contributed by atoms with Crippen LogP contribution >= 0.6 is 0 Å². The highest BCUT2D eigenvalue weighted by Crippen LogP contribution is 2.22. The van der Waals surface area contributed by atoms with Crippen molar-refractivity contribution < 1.29 is 52.8 Å². The monoisotopic (exact) mass is 559 g/mol. The van der Waals surface area contributed by atoms with Crippen molar-refractivity contribution in [2.75, 3.05) is 13.2 Å². The summed E-state index contributed by atoms with van der Waals surface area (Å²) in [6.07, 6.45) is 4.71. The van der Waals surface area contributed by atoms with E-state index in [-0.39, 0.29) is 6.42 Å². The molecule has 1 amide bonds. The van der Waals surface area contributed by atoms with Crippen molar-refractivity contribution in [2.45, 2.75) is 117 Å². The average molecular weight is 560 g/mol. The minimum absolute atomic E-state index is 0.220. The van der Waals surface area contributed by atoms with E-state index < -0.39 is 66.6 Å². The van der Waals surface area contributed by atoms with E-state index in [0.717, 1.165) is 79.1 Å². The summed E-state index contributed by atoms with van der Waals surface area (Å²) in [5, 5.41) is 11.4. The number of carbonyl (C=O) groups excluding carboxylic acids is 5. The third kappa shape index (κ3) is 18.7. The van der Waals surface area contributed by atoms with Gasteiger partial charge in [0.1, 0.15) is 6.61 Å². The van der Waals surface area contributed by atoms with E-state index in [1.807, 2.05) is 0 Å². The summed E-state index contributed by atoms with van der Waals surface area (Å²) < 4.78 is 20.8. The second-order valence-electron chi connectivity index (χ2n) is 9.50. The molecule has 0 aliphatic heterocycles. The van der Waals surface area contributed by atoms with Gasteiger partial charge in [-0.05, 0) is 19.8 Å². The van der Waals surface area contributed by atoms with Gasteiger partial charge in [-0.2, -0.15) is 0 Å². The summed E-state index contributed by atoms with van der Waals surface area (Å²) in [4.78, 5) is 70.1. The second-order valence-corrected chi connectivity index (χ2v) is 9.50. The van der Waals surface area contributed by atoms with E-state index in [9.17, 15) is 28.8 Å². The molecule has 12 nitrogen and oxygen atoms in total. The summed E-state index contributed by atoms with van der Waals surface area (Å²) in [6.45, 7) is 5.92. The molecule has 4 unspecified atom stereocenters. The molecule has 0 saturated heterocycles. The molecule has 2 N–H and O–H groups in total. The molecule has 4 atom stereocenters. The van der Waals surface area contributed by atoms with Gasteiger partial charge in [0.2, 0.25) is 5.91 Å². The van der Waals surface area contributed by atoms with Crippen LogP contribution in [0.1, 0.15) is 98.8 Å². The first kappa shape index (κ1) is 35.8. The van der Waals surface area contributed by atoms with Crippen molar-refractivity contribution in [3.63, 3.8) is 0 Å². The summed E-state index contributed by atoms with van der Waals surface area (Å²) >= 11 is 0. The number of carboxylic acids is 1. The van der Waals surface area contributed by atoms with Crippen LogP contribution in [0.5, 0.6) is 0 Å². The Morgan fingerprint density at radius 1 is 0.641 bits per heavy atom. The number of aliphatic carboxylic acids is 1. The first-order valence-electron chi connectivity index (χ1n) is 13.5. The fourth-order valence-electron chi connectivity index (χ4n) is 3.96. The van der Waals surface area contributed by atoms with E-state index >= 15 is 0 Å². The van der Waals surface area contributed by atoms with Crippen molar-refractivity contribution >= 4 is 35.8 Å². The average Bonchev–Trinajstić information content (AvgIpc) is 2.83. The van der Waals surface area contributed by atoms with Crippen LogP contribution in [-0.4, -0.2) is 72.3 Å². The van der Waals surface area contributed by atoms with Crippen LogP contribution < -0.4 is 5.32 Å². The summed E-state index contributed by atoms with van der Waals surface area (Å²) in [5.74, 6) is -5.13. The summed E-state index contributed by atoms with van der Waals surface area (Å²) in [5.41, 5.74) is 0. The van der Waals surface area contributed by atoms with Gasteiger partial charge in [0.15, 0.2) is 18.3 Å². The van der Waals surface area contributed by atoms with Gasteiger partial charge in [-0.1, -0.05) is 44.9 Å². The smallest absolute Gasteiger partial charge is 0.303 e. The largest absolute Gasteiger partial charge is 0.481 e. The van der Waals surface area contributed by atoms with Crippen LogP contribution in [0.4, 0.5) is 0 Å². The molecule has 0 fully saturated rings. The van der Waals surface area contributed by atoms with Gasteiger partial charge in [-0.3, -0.25) is 28.8 Å². The number of esters is 4. The predicted octanol–water partition coefficient (Wildman–Crippen LogP) is 3.08. The fraction of sp³-hybridized carbons (Fsp3) is 0.778. The zero-order valence-corrected chi connectivity index (χ0v) is 23.8. The molecule has 0 aromatic rings. The molecule has 0 radical (unpaired) electrons. The Kier molecular flexibility index (Phi) is 19.0. The highest BCUT2D eigenvalue weighted by molar-refractivity contribution is 5.79. The van der Waals surface area contributed by atoms with Crippen molar-refractivity contribution in [3.8, 4) is 0 Å². The highest BCUT2D eigenvalue weighted by Gasteiger charge is 2.43. The number of ether oxygens (including phenoxy) is 4. The van der Waals surface area contributed by atoms with E-state index in [1.54, 1.807) is 0 Å². The topological polar surface area (TPSA) is 172 Å². The second kappa shape index (κ2) is 20.7. The third-order valence-corrected chi connectivity index (χ3v) is 5.84. The van der Waals surface area contributed by atoms with Gasteiger partial charge < -0.3 is 29.4 Å². The van der Waals surface area contributed by atoms with Crippen LogP contribution in [0.3, 0.4) is 0 Å². The lowest BCUT2D eigenvalue weighted by Crippen LogP contribution is -2.52. The molecule has 0 rings (SSSR count). The summed E-state index contributed by atoms with van der Waals surface area (Å²) in [7, 11) is 0. The molecule has 0 aliphatic rings. The molecule has 0 bridgehead atoms. The normalized spacial score (nSPS) is 13.8. The molecule has 0 spiro atoms.